The minimum atomic E-state index is -3.58. The molecule has 0 unspecified atom stereocenters. The van der Waals surface area contributed by atoms with Crippen LogP contribution in [0.15, 0.2) is 29.2 Å². The second-order valence-electron chi connectivity index (χ2n) is 5.82. The van der Waals surface area contributed by atoms with Gasteiger partial charge in [0.25, 0.3) is 0 Å². The molecule has 2 rings (SSSR count). The molecule has 0 radical (unpaired) electrons. The Balaban J connectivity index is 1.92. The minimum Gasteiger partial charge on any atom is -0.494 e. The zero-order valence-electron chi connectivity index (χ0n) is 13.2. The van der Waals surface area contributed by atoms with Crippen LogP contribution >= 0.6 is 0 Å². The maximum absolute atomic E-state index is 12.3. The van der Waals surface area contributed by atoms with Crippen LogP contribution in [-0.2, 0) is 14.8 Å². The molecule has 0 aliphatic heterocycles. The third-order valence-electron chi connectivity index (χ3n) is 4.18. The van der Waals surface area contributed by atoms with E-state index in [0.717, 1.165) is 12.8 Å². The molecular weight excluding hydrogens is 318 g/mol. The highest BCUT2D eigenvalue weighted by atomic mass is 32.2. The third kappa shape index (κ3) is 4.94. The summed E-state index contributed by atoms with van der Waals surface area (Å²) in [5.41, 5.74) is 0. The van der Waals surface area contributed by atoms with Crippen molar-refractivity contribution in [3.63, 3.8) is 0 Å². The topological polar surface area (TPSA) is 92.7 Å². The molecule has 1 aromatic rings. The van der Waals surface area contributed by atoms with Gasteiger partial charge in [0, 0.05) is 12.6 Å². The molecule has 0 heterocycles. The molecule has 2 N–H and O–H groups in total. The minimum absolute atomic E-state index is 0.183. The molecule has 1 aliphatic rings. The van der Waals surface area contributed by atoms with Crippen molar-refractivity contribution in [2.45, 2.75) is 37.5 Å². The number of carboxylic acid groups (broad SMARTS) is 1. The Bertz CT molecular complexity index is 636. The van der Waals surface area contributed by atoms with Gasteiger partial charge in [0.2, 0.25) is 10.0 Å². The Morgan fingerprint density at radius 2 is 2.00 bits per heavy atom. The van der Waals surface area contributed by atoms with Crippen LogP contribution in [0.1, 0.15) is 32.6 Å². The Morgan fingerprint density at radius 1 is 1.30 bits per heavy atom. The largest absolute Gasteiger partial charge is 0.494 e. The summed E-state index contributed by atoms with van der Waals surface area (Å²) in [5.74, 6) is -0.324. The van der Waals surface area contributed by atoms with E-state index in [2.05, 4.69) is 4.72 Å². The van der Waals surface area contributed by atoms with Crippen molar-refractivity contribution in [3.8, 4) is 5.75 Å². The van der Waals surface area contributed by atoms with Gasteiger partial charge in [-0.05, 0) is 50.7 Å². The maximum atomic E-state index is 12.3. The van der Waals surface area contributed by atoms with Crippen LogP contribution in [-0.4, -0.2) is 32.6 Å². The molecule has 0 bridgehead atoms. The van der Waals surface area contributed by atoms with Gasteiger partial charge >= 0.3 is 5.97 Å². The molecule has 23 heavy (non-hydrogen) atoms. The number of rotatable bonds is 7. The summed E-state index contributed by atoms with van der Waals surface area (Å²) in [5, 5.41) is 8.98. The first-order valence-electron chi connectivity index (χ1n) is 7.87. The van der Waals surface area contributed by atoms with Gasteiger partial charge < -0.3 is 9.84 Å². The summed E-state index contributed by atoms with van der Waals surface area (Å²) >= 11 is 0. The van der Waals surface area contributed by atoms with Crippen molar-refractivity contribution in [1.29, 1.82) is 0 Å². The average molecular weight is 341 g/mol. The van der Waals surface area contributed by atoms with Crippen LogP contribution in [0.25, 0.3) is 0 Å². The molecule has 1 saturated carbocycles. The molecule has 0 saturated heterocycles. The number of benzene rings is 1. The molecular formula is C16H23NO5S. The zero-order chi connectivity index (χ0) is 16.9. The first kappa shape index (κ1) is 17.7. The molecule has 0 aromatic heterocycles. The second kappa shape index (κ2) is 7.79. The summed E-state index contributed by atoms with van der Waals surface area (Å²) < 4.78 is 32.6. The highest BCUT2D eigenvalue weighted by molar-refractivity contribution is 7.89. The van der Waals surface area contributed by atoms with Crippen molar-refractivity contribution in [2.24, 2.45) is 11.8 Å². The molecule has 6 nitrogen and oxygen atoms in total. The number of aliphatic carboxylic acids is 1. The summed E-state index contributed by atoms with van der Waals surface area (Å²) in [4.78, 5) is 11.1. The summed E-state index contributed by atoms with van der Waals surface area (Å²) in [6, 6.07) is 6.41. The molecule has 128 valence electrons. The predicted molar refractivity (Wildman–Crippen MR) is 85.9 cm³/mol. The Kier molecular flexibility index (Phi) is 6.01. The molecule has 1 aromatic carbocycles. The van der Waals surface area contributed by atoms with Crippen LogP contribution in [0.2, 0.25) is 0 Å². The van der Waals surface area contributed by atoms with Gasteiger partial charge in [-0.15, -0.1) is 0 Å². The maximum Gasteiger partial charge on any atom is 0.306 e. The van der Waals surface area contributed by atoms with Gasteiger partial charge in [-0.1, -0.05) is 6.07 Å². The van der Waals surface area contributed by atoms with Crippen molar-refractivity contribution < 1.29 is 23.1 Å². The van der Waals surface area contributed by atoms with Crippen LogP contribution in [0.3, 0.4) is 0 Å². The molecule has 0 amide bonds. The van der Waals surface area contributed by atoms with E-state index in [9.17, 15) is 13.2 Å². The van der Waals surface area contributed by atoms with E-state index in [-0.39, 0.29) is 16.7 Å². The third-order valence-corrected chi connectivity index (χ3v) is 5.61. The van der Waals surface area contributed by atoms with E-state index in [4.69, 9.17) is 9.84 Å². The fourth-order valence-electron chi connectivity index (χ4n) is 2.82. The van der Waals surface area contributed by atoms with E-state index < -0.39 is 16.0 Å². The highest BCUT2D eigenvalue weighted by Crippen LogP contribution is 2.28. The van der Waals surface area contributed by atoms with Gasteiger partial charge in [-0.25, -0.2) is 13.1 Å². The molecule has 0 spiro atoms. The number of hydrogen-bond acceptors (Lipinski definition) is 4. The number of hydrogen-bond donors (Lipinski definition) is 2. The van der Waals surface area contributed by atoms with E-state index in [1.54, 1.807) is 12.1 Å². The highest BCUT2D eigenvalue weighted by Gasteiger charge is 2.27. The van der Waals surface area contributed by atoms with Crippen molar-refractivity contribution in [1.82, 2.24) is 4.72 Å². The lowest BCUT2D eigenvalue weighted by atomic mass is 9.82. The average Bonchev–Trinajstić information content (AvgIpc) is 2.54. The summed E-state index contributed by atoms with van der Waals surface area (Å²) in [6.45, 7) is 2.66. The quantitative estimate of drug-likeness (QED) is 0.793. The fourth-order valence-corrected chi connectivity index (χ4v) is 3.97. The summed E-state index contributed by atoms with van der Waals surface area (Å²) in [7, 11) is -3.58. The number of sulfonamides is 1. The van der Waals surface area contributed by atoms with Crippen molar-refractivity contribution in [2.75, 3.05) is 13.2 Å². The number of nitrogens with one attached hydrogen (secondary N) is 1. The molecule has 1 aliphatic carbocycles. The lowest BCUT2D eigenvalue weighted by Crippen LogP contribution is -2.32. The van der Waals surface area contributed by atoms with Crippen LogP contribution in [0, 0.1) is 11.8 Å². The summed E-state index contributed by atoms with van der Waals surface area (Å²) in [6.07, 6.45) is 2.69. The van der Waals surface area contributed by atoms with Crippen LogP contribution in [0.5, 0.6) is 5.75 Å². The SMILES string of the molecule is CCOc1cccc(S(=O)(=O)NCC2CCC(C(=O)O)CC2)c1. The van der Waals surface area contributed by atoms with Crippen LogP contribution in [0.4, 0.5) is 0 Å². The molecule has 7 heteroatoms. The molecule has 1 fully saturated rings. The van der Waals surface area contributed by atoms with Gasteiger partial charge in [0.05, 0.1) is 17.4 Å². The first-order valence-corrected chi connectivity index (χ1v) is 9.36. The lowest BCUT2D eigenvalue weighted by Gasteiger charge is -2.26. The number of ether oxygens (including phenoxy) is 1. The van der Waals surface area contributed by atoms with Crippen molar-refractivity contribution in [3.05, 3.63) is 24.3 Å². The number of carboxylic acids is 1. The lowest BCUT2D eigenvalue weighted by molar-refractivity contribution is -0.143. The Morgan fingerprint density at radius 3 is 2.61 bits per heavy atom. The van der Waals surface area contributed by atoms with Gasteiger partial charge in [-0.2, -0.15) is 0 Å². The van der Waals surface area contributed by atoms with E-state index in [0.29, 0.717) is 31.7 Å². The van der Waals surface area contributed by atoms with Crippen molar-refractivity contribution >= 4 is 16.0 Å². The number of carbonyl (C=O) groups is 1. The normalized spacial score (nSPS) is 21.8. The van der Waals surface area contributed by atoms with Gasteiger partial charge in [0.15, 0.2) is 0 Å². The van der Waals surface area contributed by atoms with E-state index >= 15 is 0 Å². The Hall–Kier alpha value is -1.60. The first-order chi connectivity index (χ1) is 10.9. The zero-order valence-corrected chi connectivity index (χ0v) is 14.0. The second-order valence-corrected chi connectivity index (χ2v) is 7.58. The van der Waals surface area contributed by atoms with Crippen LogP contribution < -0.4 is 9.46 Å². The predicted octanol–water partition coefficient (Wildman–Crippen LogP) is 2.25. The van der Waals surface area contributed by atoms with Gasteiger partial charge in [-0.3, -0.25) is 4.79 Å². The van der Waals surface area contributed by atoms with E-state index in [1.807, 2.05) is 6.92 Å². The van der Waals surface area contributed by atoms with E-state index in [1.165, 1.54) is 12.1 Å². The fraction of sp³-hybridized carbons (Fsp3) is 0.562. The monoisotopic (exact) mass is 341 g/mol. The smallest absolute Gasteiger partial charge is 0.306 e. The Labute approximate surface area is 136 Å². The van der Waals surface area contributed by atoms with Gasteiger partial charge in [0.1, 0.15) is 5.75 Å². The molecule has 0 atom stereocenters. The standard InChI is InChI=1S/C16H23NO5S/c1-2-22-14-4-3-5-15(10-14)23(20,21)17-11-12-6-8-13(9-7-12)16(18)19/h3-5,10,12-13,17H,2,6-9,11H2,1H3,(H,18,19).